The highest BCUT2D eigenvalue weighted by Crippen LogP contribution is 0.690. The fraction of sp³-hybridized carbons (Fsp3) is 0. The monoisotopic (exact) mass is 137 g/mol. The van der Waals surface area contributed by atoms with Crippen molar-refractivity contribution in [2.75, 3.05) is 0 Å². The third-order valence-electron chi connectivity index (χ3n) is 0. The van der Waals surface area contributed by atoms with E-state index in [0.29, 0.717) is 0 Å². The summed E-state index contributed by atoms with van der Waals surface area (Å²) in [5, 5.41) is 0. The van der Waals surface area contributed by atoms with Crippen molar-refractivity contribution in [2.24, 2.45) is 0 Å². The lowest BCUT2D eigenvalue weighted by Crippen LogP contribution is -0.382. The first-order chi connectivity index (χ1) is 0. The highest BCUT2D eigenvalue weighted by atomic mass is 35.5. The first-order valence-electron chi connectivity index (χ1n) is 0. The Morgan fingerprint density at radius 2 is 0.667 bits per heavy atom. The van der Waals surface area contributed by atoms with Gasteiger partial charge >= 0.3 is 0 Å². The molecule has 0 saturated heterocycles. The van der Waals surface area contributed by atoms with Crippen LogP contribution in [0.15, 0.2) is 0 Å². The molecule has 0 N–H and O–H groups in total. The van der Waals surface area contributed by atoms with E-state index in [-0.39, 0.29) is 52.3 Å². The van der Waals surface area contributed by atoms with Gasteiger partial charge in [-0.1, -0.05) is 0 Å². The maximum Gasteiger partial charge on any atom is 0.187 e. The Morgan fingerprint density at radius 3 is 0.667 bits per heavy atom. The minimum Gasteiger partial charge on any atom is -0.269 e. The van der Waals surface area contributed by atoms with Crippen molar-refractivity contribution in [3.8, 4) is 0 Å². The second-order valence-electron chi connectivity index (χ2n) is 0. The minimum absolute atomic E-state index is 0. The van der Waals surface area contributed by atoms with Crippen LogP contribution in [-0.4, -0.2) is 25.8 Å². The standard InChI is InChI=1S/Al.B.ClH.3FH.3H/h;;4*1H;;;. The molecule has 0 aliphatic carbocycles. The van der Waals surface area contributed by atoms with Crippen molar-refractivity contribution in [3.05, 3.63) is 0 Å². The van der Waals surface area contributed by atoms with Crippen molar-refractivity contribution in [1.82, 2.24) is 0 Å². The zero-order chi connectivity index (χ0) is 0. The molecule has 0 spiro atoms. The van der Waals surface area contributed by atoms with Gasteiger partial charge in [-0.05, 0) is 0 Å². The van der Waals surface area contributed by atoms with Crippen molar-refractivity contribution in [2.45, 2.75) is 0 Å². The molecule has 0 aliphatic heterocycles. The highest BCUT2D eigenvalue weighted by Gasteiger charge is 0.187. The molecule has 0 saturated carbocycles. The van der Waals surface area contributed by atoms with E-state index in [1.54, 1.807) is 0 Å². The Balaban J connectivity index is 0. The van der Waals surface area contributed by atoms with Crippen molar-refractivity contribution in [3.63, 3.8) is 0 Å². The fourth-order valence-electron chi connectivity index (χ4n) is 0. The van der Waals surface area contributed by atoms with Gasteiger partial charge in [0.05, 0.1) is 0 Å². The van der Waals surface area contributed by atoms with E-state index in [0.717, 1.165) is 0 Å². The van der Waals surface area contributed by atoms with Gasteiger partial charge in [0.15, 0.2) is 17.4 Å². The topological polar surface area (TPSA) is 0 Å². The molecule has 0 heterocycles. The number of halogens is 4. The average Bonchev–Trinajstić information content (AvgIpc) is 0. The summed E-state index contributed by atoms with van der Waals surface area (Å²) in [5.41, 5.74) is 0. The van der Waals surface area contributed by atoms with Crippen LogP contribution >= 0.6 is 12.4 Å². The maximum atomic E-state index is 0. The van der Waals surface area contributed by atoms with Crippen LogP contribution in [0, 0.1) is 0 Å². The Labute approximate surface area is 52.9 Å². The van der Waals surface area contributed by atoms with Crippen molar-refractivity contribution in [1.29, 1.82) is 0 Å². The highest BCUT2D eigenvalue weighted by molar-refractivity contribution is 5.85. The van der Waals surface area contributed by atoms with Crippen LogP contribution in [0.3, 0.4) is 0 Å². The zero-order valence-electron chi connectivity index (χ0n) is 2.21. The summed E-state index contributed by atoms with van der Waals surface area (Å²) in [6.45, 7) is 0. The number of rotatable bonds is 0. The summed E-state index contributed by atoms with van der Waals surface area (Å²) in [7, 11) is 0. The SMILES string of the molecule is Cl.F.F.F.[AlH3].[B]. The summed E-state index contributed by atoms with van der Waals surface area (Å²) in [5.74, 6) is 0. The van der Waals surface area contributed by atoms with Gasteiger partial charge in [0, 0.05) is 8.41 Å². The second-order valence-corrected chi connectivity index (χ2v) is 0. The van der Waals surface area contributed by atoms with Crippen molar-refractivity contribution < 1.29 is 14.1 Å². The van der Waals surface area contributed by atoms with E-state index in [4.69, 9.17) is 0 Å². The molecule has 0 atom stereocenters. The van der Waals surface area contributed by atoms with Crippen LogP contribution < -0.4 is 0 Å². The number of hydrogen-bond acceptors (Lipinski definition) is 0. The molecule has 0 rings (SSSR count). The molecule has 0 aromatic heterocycles. The van der Waals surface area contributed by atoms with Crippen LogP contribution in [0.5, 0.6) is 0 Å². The predicted molar refractivity (Wildman–Crippen MR) is 30.4 cm³/mol. The summed E-state index contributed by atoms with van der Waals surface area (Å²) in [6.07, 6.45) is 0. The molecule has 0 amide bonds. The Bertz CT molecular complexity index is 10.8. The Morgan fingerprint density at radius 1 is 0.667 bits per heavy atom. The largest absolute Gasteiger partial charge is 0.269 e. The third-order valence-corrected chi connectivity index (χ3v) is 0. The van der Waals surface area contributed by atoms with E-state index in [1.807, 2.05) is 0 Å². The van der Waals surface area contributed by atoms with E-state index >= 15 is 0 Å². The van der Waals surface area contributed by atoms with Crippen LogP contribution in [-0.2, 0) is 0 Å². The zero-order valence-corrected chi connectivity index (χ0v) is 3.03. The lowest BCUT2D eigenvalue weighted by molar-refractivity contribution is 1.11. The summed E-state index contributed by atoms with van der Waals surface area (Å²) >= 11 is 0. The first-order valence-corrected chi connectivity index (χ1v) is 0. The van der Waals surface area contributed by atoms with Gasteiger partial charge in [-0.2, -0.15) is 0 Å². The molecule has 0 fully saturated rings. The molecular weight excluding hydrogens is 130 g/mol. The van der Waals surface area contributed by atoms with E-state index in [2.05, 4.69) is 0 Å². The Kier molecular flexibility index (Phi) is 21200. The van der Waals surface area contributed by atoms with Crippen LogP contribution in [0.1, 0.15) is 0 Å². The predicted octanol–water partition coefficient (Wildman–Crippen LogP) is -0.685. The van der Waals surface area contributed by atoms with Gasteiger partial charge in [0.2, 0.25) is 0 Å². The maximum absolute atomic E-state index is 0. The van der Waals surface area contributed by atoms with E-state index in [9.17, 15) is 0 Å². The number of hydrogen-bond donors (Lipinski definition) is 0. The normalized spacial score (nSPS) is 0. The quantitative estimate of drug-likeness (QED) is 0.388. The molecule has 0 aliphatic rings. The van der Waals surface area contributed by atoms with Crippen molar-refractivity contribution >= 4 is 38.2 Å². The summed E-state index contributed by atoms with van der Waals surface area (Å²) in [4.78, 5) is 0. The molecule has 0 aromatic rings. The van der Waals surface area contributed by atoms with Gasteiger partial charge < -0.3 is 0 Å². The van der Waals surface area contributed by atoms with E-state index in [1.165, 1.54) is 0 Å². The van der Waals surface area contributed by atoms with E-state index < -0.39 is 0 Å². The summed E-state index contributed by atoms with van der Waals surface area (Å²) < 4.78 is 0. The van der Waals surface area contributed by atoms with Gasteiger partial charge in [-0.15, -0.1) is 12.4 Å². The Hall–Kier alpha value is 0.677. The van der Waals surface area contributed by atoms with Gasteiger partial charge in [0.1, 0.15) is 0 Å². The molecular formula is H7AlBClF3. The second kappa shape index (κ2) is 271. The molecule has 0 bridgehead atoms. The molecule has 6 heavy (non-hydrogen) atoms. The lowest BCUT2D eigenvalue weighted by Gasteiger charge is -0.270. The molecule has 0 unspecified atom stereocenters. The molecule has 0 nitrogen and oxygen atoms in total. The summed E-state index contributed by atoms with van der Waals surface area (Å²) in [6, 6.07) is 0. The lowest BCUT2D eigenvalue weighted by atomic mass is 10.8. The molecule has 6 heteroatoms. The van der Waals surface area contributed by atoms with Gasteiger partial charge in [-0.3, -0.25) is 14.1 Å². The van der Waals surface area contributed by atoms with Crippen LogP contribution in [0.4, 0.5) is 14.1 Å². The average molecular weight is 137 g/mol. The first kappa shape index (κ1) is 469. The van der Waals surface area contributed by atoms with Gasteiger partial charge in [-0.25, -0.2) is 0 Å². The molecule has 0 aromatic carbocycles. The van der Waals surface area contributed by atoms with Gasteiger partial charge in [0.25, 0.3) is 0 Å². The fourth-order valence-corrected chi connectivity index (χ4v) is 0. The third kappa shape index (κ3) is 138. The smallest absolute Gasteiger partial charge is 0.187 e. The van der Waals surface area contributed by atoms with Crippen LogP contribution in [0.2, 0.25) is 0 Å². The minimum atomic E-state index is 0. The van der Waals surface area contributed by atoms with Crippen LogP contribution in [0.25, 0.3) is 0 Å². The molecule has 41 valence electrons. The molecule has 3 radical (unpaired) electrons.